The van der Waals surface area contributed by atoms with Gasteiger partial charge in [-0.25, -0.2) is 4.98 Å². The van der Waals surface area contributed by atoms with E-state index in [2.05, 4.69) is 60.0 Å². The molecule has 0 bridgehead atoms. The summed E-state index contributed by atoms with van der Waals surface area (Å²) in [5.41, 5.74) is 5.38. The molecule has 128 valence electrons. The zero-order valence-corrected chi connectivity index (χ0v) is 14.7. The predicted octanol–water partition coefficient (Wildman–Crippen LogP) is 6.28. The summed E-state index contributed by atoms with van der Waals surface area (Å²) < 4.78 is 0. The number of rotatable bonds is 5. The van der Waals surface area contributed by atoms with Crippen LogP contribution in [0.25, 0.3) is 10.9 Å². The van der Waals surface area contributed by atoms with Gasteiger partial charge in [0.05, 0.1) is 11.2 Å². The Hall–Kier alpha value is -3.33. The van der Waals surface area contributed by atoms with Crippen LogP contribution in [0.3, 0.4) is 0 Å². The zero-order valence-electron chi connectivity index (χ0n) is 14.7. The van der Waals surface area contributed by atoms with Crippen LogP contribution in [0.4, 0.5) is 22.9 Å². The van der Waals surface area contributed by atoms with Gasteiger partial charge in [-0.1, -0.05) is 61.5 Å². The van der Waals surface area contributed by atoms with E-state index in [0.29, 0.717) is 0 Å². The van der Waals surface area contributed by atoms with Gasteiger partial charge in [-0.15, -0.1) is 0 Å². The zero-order chi connectivity index (χ0) is 17.8. The normalized spacial score (nSPS) is 10.7. The van der Waals surface area contributed by atoms with Gasteiger partial charge < -0.3 is 10.6 Å². The van der Waals surface area contributed by atoms with E-state index in [4.69, 9.17) is 4.98 Å². The summed E-state index contributed by atoms with van der Waals surface area (Å²) in [5, 5.41) is 8.23. The third kappa shape index (κ3) is 3.24. The lowest BCUT2D eigenvalue weighted by Crippen LogP contribution is -2.04. The second-order valence-corrected chi connectivity index (χ2v) is 6.17. The minimum Gasteiger partial charge on any atom is -0.355 e. The second-order valence-electron chi connectivity index (χ2n) is 6.17. The van der Waals surface area contributed by atoms with E-state index in [-0.39, 0.29) is 0 Å². The number of pyridine rings is 1. The van der Waals surface area contributed by atoms with Crippen molar-refractivity contribution in [1.29, 1.82) is 0 Å². The van der Waals surface area contributed by atoms with Gasteiger partial charge >= 0.3 is 0 Å². The molecule has 2 N–H and O–H groups in total. The van der Waals surface area contributed by atoms with E-state index in [1.165, 1.54) is 5.56 Å². The minimum atomic E-state index is 0.877. The van der Waals surface area contributed by atoms with Crippen LogP contribution in [0.1, 0.15) is 12.5 Å². The fraction of sp³-hybridized carbons (Fsp3) is 0.0870. The molecule has 0 saturated heterocycles. The average Bonchev–Trinajstić information content (AvgIpc) is 2.70. The first kappa shape index (κ1) is 16.2. The van der Waals surface area contributed by atoms with Crippen molar-refractivity contribution in [3.63, 3.8) is 0 Å². The Labute approximate surface area is 153 Å². The molecular weight excluding hydrogens is 318 g/mol. The number of fused-ring (bicyclic) bond motifs is 1. The molecule has 1 heterocycles. The van der Waals surface area contributed by atoms with E-state index in [9.17, 15) is 0 Å². The minimum absolute atomic E-state index is 0.877. The quantitative estimate of drug-likeness (QED) is 0.449. The van der Waals surface area contributed by atoms with E-state index >= 15 is 0 Å². The molecule has 3 heteroatoms. The molecule has 0 aliphatic heterocycles. The largest absolute Gasteiger partial charge is 0.355 e. The highest BCUT2D eigenvalue weighted by molar-refractivity contribution is 5.97. The molecule has 0 radical (unpaired) electrons. The number of aromatic nitrogens is 1. The molecule has 4 rings (SSSR count). The number of nitrogens with one attached hydrogen (secondary N) is 2. The van der Waals surface area contributed by atoms with Crippen LogP contribution in [0, 0.1) is 0 Å². The van der Waals surface area contributed by atoms with E-state index in [1.807, 2.05) is 42.5 Å². The van der Waals surface area contributed by atoms with Crippen LogP contribution in [-0.4, -0.2) is 4.98 Å². The lowest BCUT2D eigenvalue weighted by atomic mass is 10.1. The smallest absolute Gasteiger partial charge is 0.136 e. The molecule has 0 fully saturated rings. The van der Waals surface area contributed by atoms with E-state index in [0.717, 1.165) is 40.2 Å². The van der Waals surface area contributed by atoms with Crippen molar-refractivity contribution < 1.29 is 0 Å². The van der Waals surface area contributed by atoms with Crippen molar-refractivity contribution in [2.45, 2.75) is 13.3 Å². The molecule has 3 nitrogen and oxygen atoms in total. The molecule has 0 saturated carbocycles. The number of para-hydroxylation sites is 3. The Morgan fingerprint density at radius 1 is 0.692 bits per heavy atom. The predicted molar refractivity (Wildman–Crippen MR) is 111 cm³/mol. The fourth-order valence-corrected chi connectivity index (χ4v) is 3.17. The van der Waals surface area contributed by atoms with Gasteiger partial charge in [-0.05, 0) is 36.8 Å². The molecule has 4 aromatic rings. The molecular formula is C23H21N3. The highest BCUT2D eigenvalue weighted by atomic mass is 15.0. The fourth-order valence-electron chi connectivity index (χ4n) is 3.17. The van der Waals surface area contributed by atoms with Crippen molar-refractivity contribution in [1.82, 2.24) is 4.98 Å². The number of nitrogens with zero attached hydrogens (tertiary/aromatic N) is 1. The van der Waals surface area contributed by atoms with Crippen LogP contribution in [0.5, 0.6) is 0 Å². The summed E-state index contributed by atoms with van der Waals surface area (Å²) in [6.07, 6.45) is 0.877. The topological polar surface area (TPSA) is 37.0 Å². The summed E-state index contributed by atoms with van der Waals surface area (Å²) in [5.74, 6) is 0.899. The van der Waals surface area contributed by atoms with Crippen molar-refractivity contribution in [2.75, 3.05) is 10.6 Å². The van der Waals surface area contributed by atoms with Crippen LogP contribution in [-0.2, 0) is 6.42 Å². The second kappa shape index (κ2) is 7.28. The van der Waals surface area contributed by atoms with Crippen molar-refractivity contribution in [2.24, 2.45) is 0 Å². The molecule has 0 spiro atoms. The molecule has 0 aliphatic carbocycles. The van der Waals surface area contributed by atoms with Crippen LogP contribution < -0.4 is 10.6 Å². The third-order valence-corrected chi connectivity index (χ3v) is 4.43. The molecule has 1 aromatic heterocycles. The summed E-state index contributed by atoms with van der Waals surface area (Å²) in [4.78, 5) is 4.89. The van der Waals surface area contributed by atoms with E-state index in [1.54, 1.807) is 0 Å². The highest BCUT2D eigenvalue weighted by Crippen LogP contribution is 2.35. The highest BCUT2D eigenvalue weighted by Gasteiger charge is 2.14. The Bertz CT molecular complexity index is 1010. The van der Waals surface area contributed by atoms with Crippen molar-refractivity contribution >= 4 is 33.8 Å². The van der Waals surface area contributed by atoms with Gasteiger partial charge in [0.1, 0.15) is 5.82 Å². The molecule has 0 unspecified atom stereocenters. The Morgan fingerprint density at radius 3 is 1.92 bits per heavy atom. The van der Waals surface area contributed by atoms with Crippen LogP contribution in [0.2, 0.25) is 0 Å². The average molecular weight is 339 g/mol. The maximum atomic E-state index is 4.89. The van der Waals surface area contributed by atoms with Crippen molar-refractivity contribution in [3.8, 4) is 0 Å². The summed E-state index contributed by atoms with van der Waals surface area (Å²) in [6, 6.07) is 28.7. The lowest BCUT2D eigenvalue weighted by Gasteiger charge is -2.18. The van der Waals surface area contributed by atoms with Gasteiger partial charge in [0.15, 0.2) is 0 Å². The van der Waals surface area contributed by atoms with Gasteiger partial charge in [-0.2, -0.15) is 0 Å². The number of anilines is 4. The summed E-state index contributed by atoms with van der Waals surface area (Å²) in [7, 11) is 0. The molecule has 26 heavy (non-hydrogen) atoms. The van der Waals surface area contributed by atoms with E-state index < -0.39 is 0 Å². The first-order valence-electron chi connectivity index (χ1n) is 8.91. The number of hydrogen-bond donors (Lipinski definition) is 2. The lowest BCUT2D eigenvalue weighted by molar-refractivity contribution is 1.12. The van der Waals surface area contributed by atoms with Crippen LogP contribution >= 0.6 is 0 Å². The van der Waals surface area contributed by atoms with Crippen molar-refractivity contribution in [3.05, 3.63) is 90.5 Å². The first-order chi connectivity index (χ1) is 12.8. The monoisotopic (exact) mass is 339 g/mol. The maximum absolute atomic E-state index is 4.89. The third-order valence-electron chi connectivity index (χ3n) is 4.43. The van der Waals surface area contributed by atoms with Gasteiger partial charge in [-0.3, -0.25) is 0 Å². The number of benzene rings is 3. The van der Waals surface area contributed by atoms with Crippen LogP contribution in [0.15, 0.2) is 84.9 Å². The molecule has 0 aliphatic rings. The molecule has 0 amide bonds. The Morgan fingerprint density at radius 2 is 1.27 bits per heavy atom. The molecule has 3 aromatic carbocycles. The Kier molecular flexibility index (Phi) is 4.52. The van der Waals surface area contributed by atoms with Gasteiger partial charge in [0.2, 0.25) is 0 Å². The number of hydrogen-bond acceptors (Lipinski definition) is 3. The standard InChI is InChI=1S/C23H21N3/c1-2-19-22(24-17-11-5-3-6-12-17)20-15-9-10-16-21(20)26-23(19)25-18-13-7-4-8-14-18/h3-16H,2H2,1H3,(H2,24,25,26). The molecule has 0 atom stereocenters. The van der Waals surface area contributed by atoms with Gasteiger partial charge in [0.25, 0.3) is 0 Å². The Balaban J connectivity index is 1.87. The summed E-state index contributed by atoms with van der Waals surface area (Å²) >= 11 is 0. The van der Waals surface area contributed by atoms with Gasteiger partial charge in [0, 0.05) is 22.3 Å². The summed E-state index contributed by atoms with van der Waals surface area (Å²) in [6.45, 7) is 2.16. The maximum Gasteiger partial charge on any atom is 0.136 e. The SMILES string of the molecule is CCc1c(Nc2ccccc2)nc2ccccc2c1Nc1ccccc1. The first-order valence-corrected chi connectivity index (χ1v) is 8.91.